The van der Waals surface area contributed by atoms with Crippen molar-refractivity contribution in [1.82, 2.24) is 20.4 Å². The zero-order valence-electron chi connectivity index (χ0n) is 29.5. The number of rotatable bonds is 22. The van der Waals surface area contributed by atoms with Crippen LogP contribution in [0.1, 0.15) is 96.5 Å². The summed E-state index contributed by atoms with van der Waals surface area (Å²) >= 11 is 0. The molecule has 0 radical (unpaired) electrons. The maximum absolute atomic E-state index is 13.9. The van der Waals surface area contributed by atoms with E-state index in [1.807, 2.05) is 30.3 Å². The number of terminal acetylenes is 2. The van der Waals surface area contributed by atoms with Crippen LogP contribution in [0.4, 0.5) is 0 Å². The molecule has 9 nitrogen and oxygen atoms in total. The molecule has 1 aromatic rings. The van der Waals surface area contributed by atoms with E-state index in [0.717, 1.165) is 50.9 Å². The van der Waals surface area contributed by atoms with Gasteiger partial charge in [0.25, 0.3) is 0 Å². The molecule has 3 amide bonds. The van der Waals surface area contributed by atoms with Crippen LogP contribution in [0.25, 0.3) is 0 Å². The Bertz CT molecular complexity index is 1170. The monoisotopic (exact) mass is 664 g/mol. The van der Waals surface area contributed by atoms with Gasteiger partial charge >= 0.3 is 0 Å². The highest BCUT2D eigenvalue weighted by atomic mass is 16.3. The standard InChI is InChI=1S/C39H60N4O5/c1-6-10-14-24-35(44)37(46)34(28-31-21-17-13-18-22-31)41-39(48)33(23-11-7-2)40-38(47)32(27-30-19-15-12-16-20-30)29-36(45)42(5)25-26-43(8-3)9-4/h1-2,12,15-16,19-20,31-35,37,44,46H,8-11,13-14,17-18,21-29H2,3-5H3,(H,40,47)(H,41,48)/t32-,33+,34+,35+,37-/m1/s1. The Kier molecular flexibility index (Phi) is 19.6. The van der Waals surface area contributed by atoms with Crippen LogP contribution in [0, 0.1) is 36.5 Å². The van der Waals surface area contributed by atoms with E-state index in [4.69, 9.17) is 12.8 Å². The molecule has 9 heteroatoms. The summed E-state index contributed by atoms with van der Waals surface area (Å²) in [6.07, 6.45) is 16.7. The number of aliphatic hydroxyl groups is 2. The molecule has 0 spiro atoms. The van der Waals surface area contributed by atoms with Gasteiger partial charge in [0.15, 0.2) is 0 Å². The van der Waals surface area contributed by atoms with Crippen LogP contribution in [0.3, 0.4) is 0 Å². The van der Waals surface area contributed by atoms with Crippen LogP contribution in [0.2, 0.25) is 0 Å². The van der Waals surface area contributed by atoms with Crippen molar-refractivity contribution in [3.63, 3.8) is 0 Å². The first kappa shape index (κ1) is 40.8. The molecule has 48 heavy (non-hydrogen) atoms. The lowest BCUT2D eigenvalue weighted by Crippen LogP contribution is -2.56. The number of nitrogens with zero attached hydrogens (tertiary/aromatic N) is 2. The van der Waals surface area contributed by atoms with E-state index in [0.29, 0.717) is 44.6 Å². The Morgan fingerprint density at radius 1 is 0.917 bits per heavy atom. The van der Waals surface area contributed by atoms with Crippen molar-refractivity contribution in [2.75, 3.05) is 33.2 Å². The average molecular weight is 665 g/mol. The molecule has 2 rings (SSSR count). The summed E-state index contributed by atoms with van der Waals surface area (Å²) in [7, 11) is 1.76. The van der Waals surface area contributed by atoms with Crippen molar-refractivity contribution in [1.29, 1.82) is 0 Å². The number of unbranched alkanes of at least 4 members (excludes halogenated alkanes) is 1. The third-order valence-electron chi connectivity index (χ3n) is 9.67. The maximum atomic E-state index is 13.9. The van der Waals surface area contributed by atoms with E-state index in [1.54, 1.807) is 11.9 Å². The Labute approximate surface area is 289 Å². The van der Waals surface area contributed by atoms with Gasteiger partial charge in [-0.1, -0.05) is 76.3 Å². The number of nitrogens with one attached hydrogen (secondary N) is 2. The predicted molar refractivity (Wildman–Crippen MR) is 191 cm³/mol. The zero-order chi connectivity index (χ0) is 35.3. The number of hydrogen-bond donors (Lipinski definition) is 4. The summed E-state index contributed by atoms with van der Waals surface area (Å²) < 4.78 is 0. The molecule has 0 bridgehead atoms. The van der Waals surface area contributed by atoms with E-state index in [1.165, 1.54) is 6.42 Å². The Morgan fingerprint density at radius 2 is 1.58 bits per heavy atom. The largest absolute Gasteiger partial charge is 0.390 e. The minimum atomic E-state index is -1.19. The lowest BCUT2D eigenvalue weighted by atomic mass is 9.82. The third-order valence-corrected chi connectivity index (χ3v) is 9.67. The maximum Gasteiger partial charge on any atom is 0.242 e. The van der Waals surface area contributed by atoms with Gasteiger partial charge in [0.05, 0.1) is 24.2 Å². The van der Waals surface area contributed by atoms with Crippen LogP contribution in [-0.2, 0) is 20.8 Å². The third kappa shape index (κ3) is 14.8. The van der Waals surface area contributed by atoms with Crippen molar-refractivity contribution in [2.24, 2.45) is 11.8 Å². The molecule has 0 unspecified atom stereocenters. The number of benzene rings is 1. The van der Waals surface area contributed by atoms with E-state index in [-0.39, 0.29) is 25.2 Å². The van der Waals surface area contributed by atoms with Crippen molar-refractivity contribution in [3.05, 3.63) is 35.9 Å². The lowest BCUT2D eigenvalue weighted by Gasteiger charge is -2.33. The number of aliphatic hydroxyl groups excluding tert-OH is 2. The molecule has 1 aromatic carbocycles. The quantitative estimate of drug-likeness (QED) is 0.110. The number of likely N-dealkylation sites (N-methyl/N-ethyl adjacent to an activating group) is 2. The van der Waals surface area contributed by atoms with Crippen molar-refractivity contribution in [2.45, 2.75) is 122 Å². The highest BCUT2D eigenvalue weighted by Gasteiger charge is 2.34. The molecule has 266 valence electrons. The van der Waals surface area contributed by atoms with Crippen LogP contribution in [-0.4, -0.2) is 95.3 Å². The molecular weight excluding hydrogens is 604 g/mol. The normalized spacial score (nSPS) is 16.5. The average Bonchev–Trinajstić information content (AvgIpc) is 3.10. The van der Waals surface area contributed by atoms with Crippen molar-refractivity contribution >= 4 is 17.7 Å². The molecule has 4 N–H and O–H groups in total. The fourth-order valence-corrected chi connectivity index (χ4v) is 6.47. The SMILES string of the molecule is C#CCCC[C@H](O)[C@H](O)[C@H](CC1CCCCC1)NC(=O)[C@H](CCC#C)NC(=O)[C@@H](CC(=O)N(C)CCN(CC)CC)Cc1ccccc1. The zero-order valence-corrected chi connectivity index (χ0v) is 29.5. The van der Waals surface area contributed by atoms with Gasteiger partial charge in [-0.15, -0.1) is 24.7 Å². The second-order valence-corrected chi connectivity index (χ2v) is 13.2. The molecule has 0 aromatic heterocycles. The van der Waals surface area contributed by atoms with Gasteiger partial charge in [0.1, 0.15) is 6.04 Å². The summed E-state index contributed by atoms with van der Waals surface area (Å²) in [6, 6.07) is 7.85. The number of carbonyl (C=O) groups is 3. The summed E-state index contributed by atoms with van der Waals surface area (Å²) in [5, 5.41) is 27.9. The molecule has 1 aliphatic rings. The minimum absolute atomic E-state index is 0.00811. The fourth-order valence-electron chi connectivity index (χ4n) is 6.47. The molecule has 5 atom stereocenters. The van der Waals surface area contributed by atoms with Crippen LogP contribution < -0.4 is 10.6 Å². The molecular formula is C39H60N4O5. The topological polar surface area (TPSA) is 122 Å². The van der Waals surface area contributed by atoms with Gasteiger partial charge in [-0.25, -0.2) is 0 Å². The van der Waals surface area contributed by atoms with Crippen molar-refractivity contribution < 1.29 is 24.6 Å². The van der Waals surface area contributed by atoms with Gasteiger partial charge in [-0.3, -0.25) is 14.4 Å². The number of hydrogen-bond acceptors (Lipinski definition) is 6. The molecule has 0 heterocycles. The highest BCUT2D eigenvalue weighted by Crippen LogP contribution is 2.29. The lowest BCUT2D eigenvalue weighted by molar-refractivity contribution is -0.137. The first-order valence-corrected chi connectivity index (χ1v) is 18.0. The van der Waals surface area contributed by atoms with E-state index >= 15 is 0 Å². The van der Waals surface area contributed by atoms with Crippen LogP contribution in [0.5, 0.6) is 0 Å². The van der Waals surface area contributed by atoms with E-state index in [9.17, 15) is 24.6 Å². The number of carbonyl (C=O) groups excluding carboxylic acids is 3. The van der Waals surface area contributed by atoms with Crippen LogP contribution in [0.15, 0.2) is 30.3 Å². The Balaban J connectivity index is 2.24. The minimum Gasteiger partial charge on any atom is -0.390 e. The van der Waals surface area contributed by atoms with Gasteiger partial charge in [0.2, 0.25) is 17.7 Å². The molecule has 0 saturated heterocycles. The van der Waals surface area contributed by atoms with Crippen molar-refractivity contribution in [3.8, 4) is 24.7 Å². The van der Waals surface area contributed by atoms with Crippen LogP contribution >= 0.6 is 0 Å². The smallest absolute Gasteiger partial charge is 0.242 e. The van der Waals surface area contributed by atoms with E-state index < -0.39 is 42.0 Å². The molecule has 1 fully saturated rings. The first-order chi connectivity index (χ1) is 23.1. The summed E-state index contributed by atoms with van der Waals surface area (Å²) in [5.41, 5.74) is 0.912. The first-order valence-electron chi connectivity index (χ1n) is 18.0. The Morgan fingerprint density at radius 3 is 2.21 bits per heavy atom. The highest BCUT2D eigenvalue weighted by molar-refractivity contribution is 5.91. The molecule has 1 aliphatic carbocycles. The number of amides is 3. The summed E-state index contributed by atoms with van der Waals surface area (Å²) in [4.78, 5) is 45.0. The summed E-state index contributed by atoms with van der Waals surface area (Å²) in [5.74, 6) is 3.72. The van der Waals surface area contributed by atoms with Gasteiger partial charge in [-0.2, -0.15) is 0 Å². The van der Waals surface area contributed by atoms with Gasteiger partial charge in [0, 0.05) is 39.4 Å². The van der Waals surface area contributed by atoms with E-state index in [2.05, 4.69) is 41.2 Å². The fraction of sp³-hybridized carbons (Fsp3) is 0.667. The predicted octanol–water partition coefficient (Wildman–Crippen LogP) is 3.91. The summed E-state index contributed by atoms with van der Waals surface area (Å²) in [6.45, 7) is 7.24. The molecule has 0 aliphatic heterocycles. The van der Waals surface area contributed by atoms with Gasteiger partial charge in [-0.05, 0) is 56.7 Å². The second-order valence-electron chi connectivity index (χ2n) is 13.2. The Hall–Kier alpha value is -3.37. The molecule has 1 saturated carbocycles. The van der Waals surface area contributed by atoms with Gasteiger partial charge < -0.3 is 30.6 Å². The second kappa shape index (κ2) is 23.1.